The third-order valence-corrected chi connectivity index (χ3v) is 2.66. The normalized spacial score (nSPS) is 16.1. The first-order valence-electron chi connectivity index (χ1n) is 5.43. The SMILES string of the molecule is Oc1ccc2c(c1)=CCC(=Cc1ccco1)N=2. The molecular weight excluding hydrogens is 214 g/mol. The van der Waals surface area contributed by atoms with Gasteiger partial charge >= 0.3 is 0 Å². The Morgan fingerprint density at radius 2 is 2.24 bits per heavy atom. The van der Waals surface area contributed by atoms with Crippen molar-refractivity contribution in [2.45, 2.75) is 6.42 Å². The number of hydrogen-bond donors (Lipinski definition) is 1. The number of phenols is 1. The molecule has 0 fully saturated rings. The average molecular weight is 225 g/mol. The first-order chi connectivity index (χ1) is 8.31. The Balaban J connectivity index is 2.07. The van der Waals surface area contributed by atoms with Crippen LogP contribution in [0.25, 0.3) is 12.2 Å². The summed E-state index contributed by atoms with van der Waals surface area (Å²) >= 11 is 0. The highest BCUT2D eigenvalue weighted by Crippen LogP contribution is 2.13. The van der Waals surface area contributed by atoms with Gasteiger partial charge in [-0.25, -0.2) is 0 Å². The number of aromatic hydroxyl groups is 1. The number of phenolic OH excluding ortho intramolecular Hbond substituents is 1. The van der Waals surface area contributed by atoms with E-state index in [0.717, 1.165) is 28.5 Å². The summed E-state index contributed by atoms with van der Waals surface area (Å²) in [6.07, 6.45) is 6.37. The summed E-state index contributed by atoms with van der Waals surface area (Å²) in [6, 6.07) is 8.94. The summed E-state index contributed by atoms with van der Waals surface area (Å²) in [5, 5.41) is 11.2. The van der Waals surface area contributed by atoms with E-state index >= 15 is 0 Å². The summed E-state index contributed by atoms with van der Waals surface area (Å²) < 4.78 is 5.25. The summed E-state index contributed by atoms with van der Waals surface area (Å²) in [5.74, 6) is 1.08. The lowest BCUT2D eigenvalue weighted by atomic mass is 10.1. The maximum Gasteiger partial charge on any atom is 0.128 e. The number of fused-ring (bicyclic) bond motifs is 1. The second kappa shape index (κ2) is 3.94. The van der Waals surface area contributed by atoms with Crippen molar-refractivity contribution in [2.24, 2.45) is 4.99 Å². The Hall–Kier alpha value is -2.29. The molecule has 3 heteroatoms. The van der Waals surface area contributed by atoms with Crippen molar-refractivity contribution >= 4 is 12.2 Å². The van der Waals surface area contributed by atoms with E-state index < -0.39 is 0 Å². The minimum atomic E-state index is 0.272. The van der Waals surface area contributed by atoms with E-state index in [1.54, 1.807) is 18.4 Å². The first kappa shape index (κ1) is 9.90. The molecule has 0 saturated heterocycles. The van der Waals surface area contributed by atoms with Crippen LogP contribution < -0.4 is 10.6 Å². The molecule has 1 aromatic carbocycles. The standard InChI is InChI=1S/C14H11NO2/c16-12-5-6-14-10(8-12)3-4-11(15-14)9-13-2-1-7-17-13/h1-3,5-9,16H,4H2. The molecule has 17 heavy (non-hydrogen) atoms. The molecule has 0 atom stereocenters. The van der Waals surface area contributed by atoms with Crippen LogP contribution in [0.3, 0.4) is 0 Å². The number of allylic oxidation sites excluding steroid dienone is 1. The van der Waals surface area contributed by atoms with Crippen LogP contribution in [0.5, 0.6) is 5.75 Å². The smallest absolute Gasteiger partial charge is 0.128 e. The van der Waals surface area contributed by atoms with E-state index in [1.807, 2.05) is 24.3 Å². The van der Waals surface area contributed by atoms with Gasteiger partial charge in [0, 0.05) is 23.4 Å². The Morgan fingerprint density at radius 1 is 1.29 bits per heavy atom. The molecule has 1 N–H and O–H groups in total. The van der Waals surface area contributed by atoms with E-state index in [2.05, 4.69) is 11.1 Å². The monoisotopic (exact) mass is 225 g/mol. The Kier molecular flexibility index (Phi) is 2.29. The van der Waals surface area contributed by atoms with Crippen LogP contribution in [0, 0.1) is 0 Å². The van der Waals surface area contributed by atoms with Gasteiger partial charge in [0.25, 0.3) is 0 Å². The van der Waals surface area contributed by atoms with Gasteiger partial charge in [-0.2, -0.15) is 0 Å². The largest absolute Gasteiger partial charge is 0.508 e. The highest BCUT2D eigenvalue weighted by Gasteiger charge is 2.02. The predicted octanol–water partition coefficient (Wildman–Crippen LogP) is 1.83. The van der Waals surface area contributed by atoms with Crippen molar-refractivity contribution in [1.82, 2.24) is 0 Å². The van der Waals surface area contributed by atoms with Crippen LogP contribution in [0.2, 0.25) is 0 Å². The van der Waals surface area contributed by atoms with Gasteiger partial charge in [-0.1, -0.05) is 6.08 Å². The van der Waals surface area contributed by atoms with E-state index in [4.69, 9.17) is 4.42 Å². The molecule has 2 aromatic rings. The number of hydrogen-bond acceptors (Lipinski definition) is 3. The van der Waals surface area contributed by atoms with E-state index in [-0.39, 0.29) is 5.75 Å². The van der Waals surface area contributed by atoms with Gasteiger partial charge in [0.2, 0.25) is 0 Å². The Morgan fingerprint density at radius 3 is 3.06 bits per heavy atom. The molecule has 2 heterocycles. The van der Waals surface area contributed by atoms with Crippen LogP contribution in [-0.2, 0) is 0 Å². The topological polar surface area (TPSA) is 45.7 Å². The zero-order valence-corrected chi connectivity index (χ0v) is 9.13. The van der Waals surface area contributed by atoms with Crippen LogP contribution in [0.1, 0.15) is 12.2 Å². The maximum atomic E-state index is 9.37. The van der Waals surface area contributed by atoms with Crippen molar-refractivity contribution in [3.63, 3.8) is 0 Å². The highest BCUT2D eigenvalue weighted by atomic mass is 16.3. The van der Waals surface area contributed by atoms with E-state index in [0.29, 0.717) is 0 Å². The number of rotatable bonds is 1. The van der Waals surface area contributed by atoms with Crippen molar-refractivity contribution in [3.05, 3.63) is 58.6 Å². The summed E-state index contributed by atoms with van der Waals surface area (Å²) in [7, 11) is 0. The lowest BCUT2D eigenvalue weighted by Gasteiger charge is -2.03. The molecule has 0 amide bonds. The fourth-order valence-electron chi connectivity index (χ4n) is 1.85. The lowest BCUT2D eigenvalue weighted by molar-refractivity contribution is 0.474. The van der Waals surface area contributed by atoms with Crippen LogP contribution in [0.4, 0.5) is 0 Å². The van der Waals surface area contributed by atoms with Gasteiger partial charge in [0.1, 0.15) is 11.5 Å². The Bertz CT molecular complexity index is 682. The third-order valence-electron chi connectivity index (χ3n) is 2.66. The van der Waals surface area contributed by atoms with Crippen molar-refractivity contribution in [3.8, 4) is 5.75 Å². The molecule has 3 nitrogen and oxygen atoms in total. The van der Waals surface area contributed by atoms with Crippen LogP contribution >= 0.6 is 0 Å². The number of furan rings is 1. The second-order valence-electron chi connectivity index (χ2n) is 3.91. The Labute approximate surface area is 98.0 Å². The van der Waals surface area contributed by atoms with Gasteiger partial charge < -0.3 is 9.52 Å². The summed E-state index contributed by atoms with van der Waals surface area (Å²) in [4.78, 5) is 4.52. The first-order valence-corrected chi connectivity index (χ1v) is 5.43. The van der Waals surface area contributed by atoms with Crippen LogP contribution in [0.15, 0.2) is 51.7 Å². The maximum absolute atomic E-state index is 9.37. The molecule has 3 rings (SSSR count). The van der Waals surface area contributed by atoms with Crippen LogP contribution in [-0.4, -0.2) is 5.11 Å². The van der Waals surface area contributed by atoms with Gasteiger partial charge in [0.15, 0.2) is 0 Å². The van der Waals surface area contributed by atoms with E-state index in [9.17, 15) is 5.11 Å². The van der Waals surface area contributed by atoms with E-state index in [1.165, 1.54) is 0 Å². The summed E-state index contributed by atoms with van der Waals surface area (Å²) in [5.41, 5.74) is 0.957. The minimum absolute atomic E-state index is 0.272. The fourth-order valence-corrected chi connectivity index (χ4v) is 1.85. The highest BCUT2D eigenvalue weighted by molar-refractivity contribution is 5.51. The molecule has 0 bridgehead atoms. The molecule has 0 saturated carbocycles. The fraction of sp³-hybridized carbons (Fsp3) is 0.0714. The lowest BCUT2D eigenvalue weighted by Crippen LogP contribution is -2.26. The van der Waals surface area contributed by atoms with Crippen molar-refractivity contribution in [2.75, 3.05) is 0 Å². The predicted molar refractivity (Wildman–Crippen MR) is 64.7 cm³/mol. The molecule has 0 unspecified atom stereocenters. The molecule has 84 valence electrons. The zero-order valence-electron chi connectivity index (χ0n) is 9.13. The molecule has 0 radical (unpaired) electrons. The van der Waals surface area contributed by atoms with Gasteiger partial charge in [-0.3, -0.25) is 4.99 Å². The number of nitrogens with zero attached hydrogens (tertiary/aromatic N) is 1. The van der Waals surface area contributed by atoms with Gasteiger partial charge in [-0.05, 0) is 30.3 Å². The van der Waals surface area contributed by atoms with Gasteiger partial charge in [-0.15, -0.1) is 0 Å². The minimum Gasteiger partial charge on any atom is -0.508 e. The summed E-state index contributed by atoms with van der Waals surface area (Å²) in [6.45, 7) is 0. The molecule has 0 aliphatic carbocycles. The van der Waals surface area contributed by atoms with Crippen molar-refractivity contribution < 1.29 is 9.52 Å². The van der Waals surface area contributed by atoms with Crippen molar-refractivity contribution in [1.29, 1.82) is 0 Å². The number of benzene rings is 1. The second-order valence-corrected chi connectivity index (χ2v) is 3.91. The average Bonchev–Trinajstić information content (AvgIpc) is 2.82. The third kappa shape index (κ3) is 1.99. The molecular formula is C14H11NO2. The van der Waals surface area contributed by atoms with Gasteiger partial charge in [0.05, 0.1) is 11.6 Å². The molecule has 1 aliphatic rings. The zero-order chi connectivity index (χ0) is 11.7. The molecule has 1 aliphatic heterocycles. The quantitative estimate of drug-likeness (QED) is 0.804. The molecule has 1 aromatic heterocycles. The molecule has 0 spiro atoms.